The number of benzene rings is 1. The van der Waals surface area contributed by atoms with Gasteiger partial charge in [0.25, 0.3) is 0 Å². The minimum atomic E-state index is -5.71. The molecule has 0 aliphatic carbocycles. The van der Waals surface area contributed by atoms with E-state index in [0.29, 0.717) is 12.1 Å². The third kappa shape index (κ3) is 4.49. The third-order valence-electron chi connectivity index (χ3n) is 1.66. The van der Waals surface area contributed by atoms with Crippen molar-refractivity contribution in [1.82, 2.24) is 0 Å². The smallest absolute Gasteiger partial charge is 0.186 e. The Kier molecular flexibility index (Phi) is 4.72. The van der Waals surface area contributed by atoms with Gasteiger partial charge in [-0.25, -0.2) is 0 Å². The van der Waals surface area contributed by atoms with Crippen molar-refractivity contribution in [2.75, 3.05) is 0 Å². The highest BCUT2D eigenvalue weighted by molar-refractivity contribution is 7.87. The van der Waals surface area contributed by atoms with Crippen LogP contribution in [0.5, 0.6) is 0 Å². The van der Waals surface area contributed by atoms with Crippen LogP contribution in [0.3, 0.4) is 0 Å². The van der Waals surface area contributed by atoms with E-state index in [1.807, 2.05) is 0 Å². The first-order chi connectivity index (χ1) is 8.43. The zero-order valence-electron chi connectivity index (χ0n) is 8.59. The Balaban J connectivity index is 2.76. The van der Waals surface area contributed by atoms with E-state index >= 15 is 0 Å². The molecule has 108 valence electrons. The molecule has 0 fully saturated rings. The van der Waals surface area contributed by atoms with Crippen LogP contribution in [0, 0.1) is 3.57 Å². The summed E-state index contributed by atoms with van der Waals surface area (Å²) < 4.78 is 97.1. The lowest BCUT2D eigenvalue weighted by Gasteiger charge is -2.04. The van der Waals surface area contributed by atoms with E-state index in [-0.39, 0.29) is 3.57 Å². The predicted octanol–water partition coefficient (Wildman–Crippen LogP) is -0.255. The molecular formula is C8H4F6IO3S+. The van der Waals surface area contributed by atoms with Crippen LogP contribution in [0.2, 0.25) is 0 Å². The molecule has 0 radical (unpaired) electrons. The fourth-order valence-corrected chi connectivity index (χ4v) is 3.63. The molecule has 0 aliphatic rings. The summed E-state index contributed by atoms with van der Waals surface area (Å²) in [7, 11) is -5.71. The minimum absolute atomic E-state index is 0.0281. The van der Waals surface area contributed by atoms with Crippen molar-refractivity contribution in [1.29, 1.82) is 0 Å². The zero-order valence-corrected chi connectivity index (χ0v) is 11.6. The van der Waals surface area contributed by atoms with E-state index in [1.54, 1.807) is 0 Å². The first-order valence-electron chi connectivity index (χ1n) is 4.25. The molecule has 0 N–H and O–H groups in total. The third-order valence-corrected chi connectivity index (χ3v) is 5.64. The van der Waals surface area contributed by atoms with Gasteiger partial charge >= 0.3 is 43.4 Å². The van der Waals surface area contributed by atoms with Gasteiger partial charge in [-0.2, -0.15) is 34.8 Å². The summed E-state index contributed by atoms with van der Waals surface area (Å²) in [6.07, 6.45) is -4.57. The Morgan fingerprint density at radius 1 is 0.947 bits per heavy atom. The molecule has 1 rings (SSSR count). The van der Waals surface area contributed by atoms with Crippen LogP contribution in [-0.2, 0) is 18.8 Å². The van der Waals surface area contributed by atoms with Crippen LogP contribution in [0.4, 0.5) is 26.3 Å². The van der Waals surface area contributed by atoms with Gasteiger partial charge in [0.1, 0.15) is 0 Å². The van der Waals surface area contributed by atoms with Crippen molar-refractivity contribution >= 4 is 10.1 Å². The lowest BCUT2D eigenvalue weighted by atomic mass is 10.2. The van der Waals surface area contributed by atoms with E-state index in [1.165, 1.54) is 0 Å². The predicted molar refractivity (Wildman–Crippen MR) is 46.2 cm³/mol. The second-order valence-corrected chi connectivity index (χ2v) is 7.31. The summed E-state index contributed by atoms with van der Waals surface area (Å²) in [5.41, 5.74) is -6.53. The second kappa shape index (κ2) is 5.44. The van der Waals surface area contributed by atoms with Gasteiger partial charge in [0.05, 0.1) is 5.56 Å². The number of hydrogen-bond acceptors (Lipinski definition) is 3. The highest BCUT2D eigenvalue weighted by Gasteiger charge is 2.52. The molecule has 0 saturated heterocycles. The van der Waals surface area contributed by atoms with E-state index in [2.05, 4.69) is 2.51 Å². The number of alkyl halides is 6. The molecule has 1 aromatic carbocycles. The molecule has 0 spiro atoms. The molecule has 11 heteroatoms. The SMILES string of the molecule is O=S(=O)(O[I+]c1ccc(C(F)(F)F)cc1)C(F)(F)F. The van der Waals surface area contributed by atoms with E-state index in [9.17, 15) is 34.8 Å². The summed E-state index contributed by atoms with van der Waals surface area (Å²) in [6.45, 7) is 0. The van der Waals surface area contributed by atoms with E-state index < -0.39 is 49.0 Å². The average Bonchev–Trinajstić information content (AvgIpc) is 2.24. The molecule has 0 saturated carbocycles. The number of halogens is 7. The summed E-state index contributed by atoms with van der Waals surface area (Å²) in [5.74, 6) is 0. The first kappa shape index (κ1) is 16.5. The van der Waals surface area contributed by atoms with Crippen LogP contribution in [-0.4, -0.2) is 13.9 Å². The fraction of sp³-hybridized carbons (Fsp3) is 0.250. The van der Waals surface area contributed by atoms with E-state index in [0.717, 1.165) is 12.1 Å². The molecule has 0 heterocycles. The first-order valence-corrected chi connectivity index (χ1v) is 7.62. The Bertz CT molecular complexity index is 533. The Morgan fingerprint density at radius 2 is 1.42 bits per heavy atom. The molecule has 3 nitrogen and oxygen atoms in total. The lowest BCUT2D eigenvalue weighted by Crippen LogP contribution is -3.62. The summed E-state index contributed by atoms with van der Waals surface area (Å²) in [4.78, 5) is 0. The Hall–Kier alpha value is -0.560. The summed E-state index contributed by atoms with van der Waals surface area (Å²) in [5, 5.41) is 0. The highest BCUT2D eigenvalue weighted by atomic mass is 127. The Morgan fingerprint density at radius 3 is 1.79 bits per heavy atom. The number of hydrogen-bond donors (Lipinski definition) is 0. The van der Waals surface area contributed by atoms with E-state index in [4.69, 9.17) is 0 Å². The largest absolute Gasteiger partial charge is 0.540 e. The Labute approximate surface area is 114 Å². The van der Waals surface area contributed by atoms with Crippen molar-refractivity contribution in [3.63, 3.8) is 0 Å². The molecular weight excluding hydrogens is 417 g/mol. The summed E-state index contributed by atoms with van der Waals surface area (Å²) >= 11 is -2.05. The van der Waals surface area contributed by atoms with Crippen LogP contribution in [0.1, 0.15) is 5.56 Å². The van der Waals surface area contributed by atoms with Crippen molar-refractivity contribution in [2.24, 2.45) is 0 Å². The van der Waals surface area contributed by atoms with Gasteiger partial charge in [-0.05, 0) is 24.3 Å². The monoisotopic (exact) mass is 421 g/mol. The molecule has 0 bridgehead atoms. The maximum atomic E-state index is 12.2. The zero-order chi connectivity index (χ0) is 14.9. The van der Waals surface area contributed by atoms with Crippen LogP contribution in [0.25, 0.3) is 0 Å². The van der Waals surface area contributed by atoms with Gasteiger partial charge in [-0.15, -0.1) is 0 Å². The van der Waals surface area contributed by atoms with Crippen molar-refractivity contribution in [3.05, 3.63) is 33.4 Å². The molecule has 0 aromatic heterocycles. The van der Waals surface area contributed by atoms with Crippen molar-refractivity contribution in [3.8, 4) is 0 Å². The lowest BCUT2D eigenvalue weighted by molar-refractivity contribution is -0.838. The average molecular weight is 421 g/mol. The van der Waals surface area contributed by atoms with Gasteiger partial charge in [-0.3, -0.25) is 0 Å². The van der Waals surface area contributed by atoms with Crippen molar-refractivity contribution in [2.45, 2.75) is 11.7 Å². The number of rotatable bonds is 3. The molecule has 1 aromatic rings. The highest BCUT2D eigenvalue weighted by Crippen LogP contribution is 2.28. The van der Waals surface area contributed by atoms with Gasteiger partial charge in [0.15, 0.2) is 0 Å². The maximum absolute atomic E-state index is 12.2. The molecule has 19 heavy (non-hydrogen) atoms. The van der Waals surface area contributed by atoms with Crippen LogP contribution >= 0.6 is 0 Å². The fourth-order valence-electron chi connectivity index (χ4n) is 0.804. The van der Waals surface area contributed by atoms with Gasteiger partial charge in [0.2, 0.25) is 3.57 Å². The molecule has 0 aliphatic heterocycles. The maximum Gasteiger partial charge on any atom is 0.540 e. The molecule has 0 amide bonds. The topological polar surface area (TPSA) is 43.4 Å². The minimum Gasteiger partial charge on any atom is -0.186 e. The summed E-state index contributed by atoms with van der Waals surface area (Å²) in [6, 6.07) is 3.03. The van der Waals surface area contributed by atoms with Gasteiger partial charge in [0, 0.05) is 2.51 Å². The quantitative estimate of drug-likeness (QED) is 0.384. The van der Waals surface area contributed by atoms with Crippen LogP contribution < -0.4 is 21.6 Å². The molecule has 0 unspecified atom stereocenters. The normalized spacial score (nSPS) is 13.6. The standard InChI is InChI=1S/C8H4F6IO3S/c9-7(10,11)5-1-3-6(4-2-5)15-18-19(16,17)8(12,13)14/h1-4H/q+1. The van der Waals surface area contributed by atoms with Gasteiger partial charge < -0.3 is 0 Å². The van der Waals surface area contributed by atoms with Crippen molar-refractivity contribution < 1.29 is 58.9 Å². The molecule has 0 atom stereocenters. The van der Waals surface area contributed by atoms with Gasteiger partial charge in [-0.1, -0.05) is 0 Å². The second-order valence-electron chi connectivity index (χ2n) is 3.04. The van der Waals surface area contributed by atoms with Crippen LogP contribution in [0.15, 0.2) is 24.3 Å².